The van der Waals surface area contributed by atoms with Crippen molar-refractivity contribution in [3.05, 3.63) is 98.7 Å². The molecule has 7 heteroatoms. The molecule has 2 aromatic heterocycles. The van der Waals surface area contributed by atoms with Crippen molar-refractivity contribution in [2.75, 3.05) is 5.32 Å². The van der Waals surface area contributed by atoms with Crippen LogP contribution in [0.25, 0.3) is 0 Å². The third-order valence-electron chi connectivity index (χ3n) is 5.05. The van der Waals surface area contributed by atoms with E-state index < -0.39 is 0 Å². The molecule has 0 saturated carbocycles. The number of amides is 1. The van der Waals surface area contributed by atoms with Crippen LogP contribution < -0.4 is 10.1 Å². The van der Waals surface area contributed by atoms with Crippen LogP contribution >= 0.6 is 11.3 Å². The molecule has 2 aromatic carbocycles. The third kappa shape index (κ3) is 5.06. The minimum Gasteiger partial charge on any atom is -0.488 e. The lowest BCUT2D eigenvalue weighted by Crippen LogP contribution is -2.09. The number of nitrogens with one attached hydrogen (secondary N) is 1. The minimum absolute atomic E-state index is 0.214. The molecule has 0 aliphatic rings. The summed E-state index contributed by atoms with van der Waals surface area (Å²) in [6.45, 7) is 6.83. The Bertz CT molecular complexity index is 1240. The van der Waals surface area contributed by atoms with Crippen LogP contribution in [-0.4, -0.2) is 15.7 Å². The van der Waals surface area contributed by atoms with Gasteiger partial charge in [-0.05, 0) is 49.4 Å². The van der Waals surface area contributed by atoms with Gasteiger partial charge < -0.3 is 10.1 Å². The fraction of sp³-hybridized carbons (Fsp3) is 0.200. The Balaban J connectivity index is 1.36. The maximum atomic E-state index is 13.8. The first kappa shape index (κ1) is 21.8. The first-order chi connectivity index (χ1) is 15.4. The smallest absolute Gasteiger partial charge is 0.265 e. The van der Waals surface area contributed by atoms with Gasteiger partial charge in [-0.3, -0.25) is 9.48 Å². The average molecular weight is 450 g/mol. The maximum absolute atomic E-state index is 13.8. The molecule has 32 heavy (non-hydrogen) atoms. The number of aromatic nitrogens is 2. The SMILES string of the molecule is Cc1cc(C)c(OCc2csc(C(=O)Nc3cnn(Cc4ccccc4F)c3)c2)c(C)c1. The van der Waals surface area contributed by atoms with Gasteiger partial charge in [0.25, 0.3) is 5.91 Å². The van der Waals surface area contributed by atoms with Gasteiger partial charge in [0, 0.05) is 17.3 Å². The predicted octanol–water partition coefficient (Wildman–Crippen LogP) is 5.89. The molecular formula is C25H24FN3O2S. The molecule has 4 aromatic rings. The van der Waals surface area contributed by atoms with E-state index in [1.165, 1.54) is 23.0 Å². The second-order valence-corrected chi connectivity index (χ2v) is 8.72. The molecule has 0 atom stereocenters. The number of anilines is 1. The number of ether oxygens (including phenoxy) is 1. The Kier molecular flexibility index (Phi) is 6.37. The Morgan fingerprint density at radius 1 is 1.16 bits per heavy atom. The van der Waals surface area contributed by atoms with Crippen LogP contribution in [0.2, 0.25) is 0 Å². The van der Waals surface area contributed by atoms with E-state index in [-0.39, 0.29) is 11.7 Å². The van der Waals surface area contributed by atoms with E-state index in [1.807, 2.05) is 25.3 Å². The van der Waals surface area contributed by atoms with Gasteiger partial charge in [0.15, 0.2) is 0 Å². The van der Waals surface area contributed by atoms with E-state index in [9.17, 15) is 9.18 Å². The van der Waals surface area contributed by atoms with E-state index in [0.717, 1.165) is 22.4 Å². The topological polar surface area (TPSA) is 56.1 Å². The van der Waals surface area contributed by atoms with Crippen molar-refractivity contribution >= 4 is 22.9 Å². The maximum Gasteiger partial charge on any atom is 0.265 e. The van der Waals surface area contributed by atoms with E-state index in [0.29, 0.717) is 29.3 Å². The van der Waals surface area contributed by atoms with Crippen molar-refractivity contribution in [2.45, 2.75) is 33.9 Å². The molecule has 0 aliphatic carbocycles. The van der Waals surface area contributed by atoms with Crippen LogP contribution in [0.1, 0.15) is 37.5 Å². The molecule has 1 amide bonds. The summed E-state index contributed by atoms with van der Waals surface area (Å²) < 4.78 is 21.4. The Labute approximate surface area is 190 Å². The number of thiophene rings is 1. The number of nitrogens with zero attached hydrogens (tertiary/aromatic N) is 2. The number of carbonyl (C=O) groups excluding carboxylic acids is 1. The molecule has 0 fully saturated rings. The first-order valence-corrected chi connectivity index (χ1v) is 11.1. The largest absolute Gasteiger partial charge is 0.488 e. The Hall–Kier alpha value is -3.45. The number of rotatable bonds is 7. The number of aryl methyl sites for hydroxylation is 3. The summed E-state index contributed by atoms with van der Waals surface area (Å²) in [4.78, 5) is 13.2. The van der Waals surface area contributed by atoms with E-state index in [2.05, 4.69) is 29.5 Å². The number of halogens is 1. The molecule has 0 bridgehead atoms. The van der Waals surface area contributed by atoms with Crippen LogP contribution in [0.15, 0.2) is 60.2 Å². The molecule has 0 unspecified atom stereocenters. The normalized spacial score (nSPS) is 10.9. The summed E-state index contributed by atoms with van der Waals surface area (Å²) in [5.41, 5.74) is 5.44. The van der Waals surface area contributed by atoms with Gasteiger partial charge in [0.05, 0.1) is 23.3 Å². The van der Waals surface area contributed by atoms with Gasteiger partial charge in [-0.25, -0.2) is 4.39 Å². The summed E-state index contributed by atoms with van der Waals surface area (Å²) in [6.07, 6.45) is 3.24. The van der Waals surface area contributed by atoms with E-state index >= 15 is 0 Å². The summed E-state index contributed by atoms with van der Waals surface area (Å²) in [5.74, 6) is 0.391. The summed E-state index contributed by atoms with van der Waals surface area (Å²) in [7, 11) is 0. The van der Waals surface area contributed by atoms with E-state index in [4.69, 9.17) is 4.74 Å². The molecular weight excluding hydrogens is 425 g/mol. The standard InChI is InChI=1S/C25H24FN3O2S/c1-16-8-17(2)24(18(3)9-16)31-14-19-10-23(32-15-19)25(30)28-21-11-27-29(13-21)12-20-6-4-5-7-22(20)26/h4-11,13,15H,12,14H2,1-3H3,(H,28,30). The lowest BCUT2D eigenvalue weighted by Gasteiger charge is -2.12. The molecule has 0 spiro atoms. The summed E-state index contributed by atoms with van der Waals surface area (Å²) >= 11 is 1.37. The van der Waals surface area contributed by atoms with Crippen LogP contribution in [-0.2, 0) is 13.2 Å². The summed E-state index contributed by atoms with van der Waals surface area (Å²) in [6, 6.07) is 12.6. The van der Waals surface area contributed by atoms with Crippen LogP contribution in [0, 0.1) is 26.6 Å². The van der Waals surface area contributed by atoms with Crippen molar-refractivity contribution in [1.82, 2.24) is 9.78 Å². The molecule has 0 aliphatic heterocycles. The zero-order valence-electron chi connectivity index (χ0n) is 18.2. The quantitative estimate of drug-likeness (QED) is 0.383. The van der Waals surface area contributed by atoms with Gasteiger partial charge >= 0.3 is 0 Å². The highest BCUT2D eigenvalue weighted by molar-refractivity contribution is 7.12. The lowest BCUT2D eigenvalue weighted by atomic mass is 10.1. The van der Waals surface area contributed by atoms with Crippen molar-refractivity contribution in [3.63, 3.8) is 0 Å². The van der Waals surface area contributed by atoms with Crippen LogP contribution in [0.5, 0.6) is 5.75 Å². The zero-order valence-corrected chi connectivity index (χ0v) is 19.0. The Morgan fingerprint density at radius 2 is 1.91 bits per heavy atom. The van der Waals surface area contributed by atoms with Gasteiger partial charge in [0.2, 0.25) is 0 Å². The highest BCUT2D eigenvalue weighted by Gasteiger charge is 2.13. The molecule has 1 N–H and O–H groups in total. The molecule has 4 rings (SSSR count). The van der Waals surface area contributed by atoms with Crippen LogP contribution in [0.3, 0.4) is 0 Å². The molecule has 164 valence electrons. The number of hydrogen-bond acceptors (Lipinski definition) is 4. The highest BCUT2D eigenvalue weighted by Crippen LogP contribution is 2.26. The zero-order chi connectivity index (χ0) is 22.7. The van der Waals surface area contributed by atoms with Crippen molar-refractivity contribution in [2.24, 2.45) is 0 Å². The van der Waals surface area contributed by atoms with Gasteiger partial charge in [-0.1, -0.05) is 35.9 Å². The lowest BCUT2D eigenvalue weighted by molar-refractivity contribution is 0.103. The van der Waals surface area contributed by atoms with E-state index in [1.54, 1.807) is 35.3 Å². The van der Waals surface area contributed by atoms with Crippen molar-refractivity contribution < 1.29 is 13.9 Å². The average Bonchev–Trinajstić information content (AvgIpc) is 3.38. The van der Waals surface area contributed by atoms with Gasteiger partial charge in [-0.2, -0.15) is 5.10 Å². The molecule has 5 nitrogen and oxygen atoms in total. The second kappa shape index (κ2) is 9.36. The first-order valence-electron chi connectivity index (χ1n) is 10.2. The number of hydrogen-bond donors (Lipinski definition) is 1. The molecule has 0 radical (unpaired) electrons. The predicted molar refractivity (Wildman–Crippen MR) is 125 cm³/mol. The van der Waals surface area contributed by atoms with Gasteiger partial charge in [0.1, 0.15) is 18.2 Å². The van der Waals surface area contributed by atoms with Crippen LogP contribution in [0.4, 0.5) is 10.1 Å². The fourth-order valence-electron chi connectivity index (χ4n) is 3.63. The monoisotopic (exact) mass is 449 g/mol. The highest BCUT2D eigenvalue weighted by atomic mass is 32.1. The van der Waals surface area contributed by atoms with Crippen molar-refractivity contribution in [1.29, 1.82) is 0 Å². The second-order valence-electron chi connectivity index (χ2n) is 7.81. The van der Waals surface area contributed by atoms with Gasteiger partial charge in [-0.15, -0.1) is 11.3 Å². The molecule has 0 saturated heterocycles. The fourth-order valence-corrected chi connectivity index (χ4v) is 4.42. The third-order valence-corrected chi connectivity index (χ3v) is 6.02. The number of benzene rings is 2. The minimum atomic E-state index is -0.280. The molecule has 2 heterocycles. The summed E-state index contributed by atoms with van der Waals surface area (Å²) in [5, 5.41) is 8.98. The Morgan fingerprint density at radius 3 is 2.66 bits per heavy atom. The van der Waals surface area contributed by atoms with Crippen molar-refractivity contribution in [3.8, 4) is 5.75 Å². The number of carbonyl (C=O) groups is 1.